The van der Waals surface area contributed by atoms with Gasteiger partial charge in [0.05, 0.1) is 11.3 Å². The van der Waals surface area contributed by atoms with E-state index in [-0.39, 0.29) is 11.8 Å². The van der Waals surface area contributed by atoms with Crippen molar-refractivity contribution in [2.45, 2.75) is 26.7 Å². The van der Waals surface area contributed by atoms with Gasteiger partial charge in [0.2, 0.25) is 0 Å². The first-order valence-electron chi connectivity index (χ1n) is 10.8. The van der Waals surface area contributed by atoms with E-state index in [1.165, 1.54) is 10.5 Å². The Hall–Kier alpha value is -3.37. The minimum Gasteiger partial charge on any atom is -0.336 e. The molecular weight excluding hydrogens is 420 g/mol. The minimum absolute atomic E-state index is 0.288. The molecule has 3 aromatic rings. The zero-order chi connectivity index (χ0) is 22.4. The third-order valence-electron chi connectivity index (χ3n) is 6.17. The first-order valence-corrected chi connectivity index (χ1v) is 11.1. The number of para-hydroxylation sites is 1. The van der Waals surface area contributed by atoms with Gasteiger partial charge in [-0.1, -0.05) is 59.6 Å². The van der Waals surface area contributed by atoms with Gasteiger partial charge in [0.15, 0.2) is 0 Å². The molecule has 0 atom stereocenters. The number of benzene rings is 3. The van der Waals surface area contributed by atoms with Crippen molar-refractivity contribution in [2.24, 2.45) is 0 Å². The van der Waals surface area contributed by atoms with Crippen LogP contribution in [0, 0.1) is 13.8 Å². The Balaban J connectivity index is 1.71. The quantitative estimate of drug-likeness (QED) is 0.489. The summed E-state index contributed by atoms with van der Waals surface area (Å²) in [7, 11) is 0. The summed E-state index contributed by atoms with van der Waals surface area (Å²) in [5.74, 6) is -0.592. The van der Waals surface area contributed by atoms with Crippen LogP contribution in [0.3, 0.4) is 0 Å². The van der Waals surface area contributed by atoms with Gasteiger partial charge in [-0.15, -0.1) is 0 Å². The Bertz CT molecular complexity index is 1280. The summed E-state index contributed by atoms with van der Waals surface area (Å²) >= 11 is 6.11. The molecule has 0 saturated heterocycles. The normalized spacial score (nSPS) is 16.1. The molecule has 0 unspecified atom stereocenters. The molecule has 0 aliphatic carbocycles. The predicted molar refractivity (Wildman–Crippen MR) is 129 cm³/mol. The highest BCUT2D eigenvalue weighted by Gasteiger charge is 2.44. The third kappa shape index (κ3) is 3.32. The number of hydrogen-bond donors (Lipinski definition) is 0. The van der Waals surface area contributed by atoms with Crippen LogP contribution in [0.15, 0.2) is 72.4 Å². The molecule has 5 heteroatoms. The lowest BCUT2D eigenvalue weighted by molar-refractivity contribution is -0.120. The zero-order valence-corrected chi connectivity index (χ0v) is 18.8. The summed E-state index contributed by atoms with van der Waals surface area (Å²) in [6, 6.07) is 21.0. The fourth-order valence-corrected chi connectivity index (χ4v) is 4.81. The fourth-order valence-electron chi connectivity index (χ4n) is 4.69. The second-order valence-electron chi connectivity index (χ2n) is 8.35. The molecule has 0 aromatic heterocycles. The molecule has 0 spiro atoms. The first-order chi connectivity index (χ1) is 15.5. The van der Waals surface area contributed by atoms with Crippen LogP contribution in [0.1, 0.15) is 28.7 Å². The lowest BCUT2D eigenvalue weighted by Crippen LogP contribution is -2.37. The van der Waals surface area contributed by atoms with Gasteiger partial charge in [0.1, 0.15) is 5.70 Å². The molecule has 160 valence electrons. The fraction of sp³-hybridized carbons (Fsp3) is 0.185. The van der Waals surface area contributed by atoms with Crippen LogP contribution in [0.25, 0.3) is 5.57 Å². The van der Waals surface area contributed by atoms with Crippen molar-refractivity contribution in [1.29, 1.82) is 0 Å². The number of rotatable bonds is 3. The number of carbonyl (C=O) groups excluding carboxylic acids is 2. The van der Waals surface area contributed by atoms with Gasteiger partial charge in [-0.05, 0) is 67.6 Å². The molecule has 3 aromatic carbocycles. The number of hydrogen-bond acceptors (Lipinski definition) is 3. The summed E-state index contributed by atoms with van der Waals surface area (Å²) in [5.41, 5.74) is 6.32. The largest absolute Gasteiger partial charge is 0.336 e. The van der Waals surface area contributed by atoms with Gasteiger partial charge in [-0.25, -0.2) is 4.90 Å². The maximum absolute atomic E-state index is 13.9. The average Bonchev–Trinajstić information content (AvgIpc) is 3.04. The number of anilines is 2. The predicted octanol–water partition coefficient (Wildman–Crippen LogP) is 5.69. The number of carbonyl (C=O) groups is 2. The lowest BCUT2D eigenvalue weighted by atomic mass is 9.98. The van der Waals surface area contributed by atoms with Crippen molar-refractivity contribution in [2.75, 3.05) is 16.3 Å². The highest BCUT2D eigenvalue weighted by Crippen LogP contribution is 2.40. The van der Waals surface area contributed by atoms with Gasteiger partial charge in [-0.3, -0.25) is 9.59 Å². The topological polar surface area (TPSA) is 40.6 Å². The van der Waals surface area contributed by atoms with Crippen molar-refractivity contribution in [3.63, 3.8) is 0 Å². The Morgan fingerprint density at radius 2 is 1.59 bits per heavy atom. The van der Waals surface area contributed by atoms with Crippen LogP contribution in [0.4, 0.5) is 11.4 Å². The van der Waals surface area contributed by atoms with Crippen molar-refractivity contribution in [3.8, 4) is 0 Å². The van der Waals surface area contributed by atoms with Gasteiger partial charge in [-0.2, -0.15) is 0 Å². The monoisotopic (exact) mass is 442 g/mol. The Kier molecular flexibility index (Phi) is 5.10. The third-order valence-corrected chi connectivity index (χ3v) is 6.42. The van der Waals surface area contributed by atoms with Crippen LogP contribution in [0.2, 0.25) is 5.02 Å². The van der Waals surface area contributed by atoms with Crippen molar-refractivity contribution >= 4 is 40.4 Å². The highest BCUT2D eigenvalue weighted by molar-refractivity contribution is 6.46. The molecule has 0 radical (unpaired) electrons. The molecule has 2 amide bonds. The first kappa shape index (κ1) is 20.5. The smallest absolute Gasteiger partial charge is 0.282 e. The van der Waals surface area contributed by atoms with Crippen LogP contribution in [0.5, 0.6) is 0 Å². The summed E-state index contributed by atoms with van der Waals surface area (Å²) in [4.78, 5) is 31.0. The molecule has 32 heavy (non-hydrogen) atoms. The number of amides is 2. The maximum Gasteiger partial charge on any atom is 0.282 e. The molecule has 2 aliphatic heterocycles. The van der Waals surface area contributed by atoms with Crippen molar-refractivity contribution < 1.29 is 9.59 Å². The molecule has 0 N–H and O–H groups in total. The second-order valence-corrected chi connectivity index (χ2v) is 8.79. The van der Waals surface area contributed by atoms with Gasteiger partial charge in [0, 0.05) is 17.3 Å². The molecule has 0 saturated carbocycles. The summed E-state index contributed by atoms with van der Waals surface area (Å²) in [6.07, 6.45) is 1.87. The van der Waals surface area contributed by atoms with Gasteiger partial charge < -0.3 is 4.90 Å². The second kappa shape index (κ2) is 7.95. The molecule has 2 aliphatic rings. The summed E-state index contributed by atoms with van der Waals surface area (Å²) in [5, 5.41) is 0.585. The van der Waals surface area contributed by atoms with E-state index in [1.54, 1.807) is 12.1 Å². The van der Waals surface area contributed by atoms with Crippen LogP contribution >= 0.6 is 11.6 Å². The number of imide groups is 1. The molecule has 4 nitrogen and oxygen atoms in total. The number of aryl methyl sites for hydroxylation is 3. The molecular formula is C27H23ClN2O2. The van der Waals surface area contributed by atoms with Gasteiger partial charge >= 0.3 is 0 Å². The lowest BCUT2D eigenvalue weighted by Gasteiger charge is -2.32. The van der Waals surface area contributed by atoms with E-state index >= 15 is 0 Å². The molecule has 5 rings (SSSR count). The Morgan fingerprint density at radius 3 is 2.34 bits per heavy atom. The number of nitrogens with zero attached hydrogens (tertiary/aromatic N) is 2. The summed E-state index contributed by atoms with van der Waals surface area (Å²) < 4.78 is 0. The van der Waals surface area contributed by atoms with Crippen LogP contribution in [-0.4, -0.2) is 18.4 Å². The van der Waals surface area contributed by atoms with E-state index in [4.69, 9.17) is 11.6 Å². The van der Waals surface area contributed by atoms with E-state index in [2.05, 4.69) is 6.07 Å². The maximum atomic E-state index is 13.9. The summed E-state index contributed by atoms with van der Waals surface area (Å²) in [6.45, 7) is 4.61. The minimum atomic E-state index is -0.303. The van der Waals surface area contributed by atoms with E-state index in [0.29, 0.717) is 34.1 Å². The van der Waals surface area contributed by atoms with Gasteiger partial charge in [0.25, 0.3) is 11.8 Å². The van der Waals surface area contributed by atoms with Crippen LogP contribution in [-0.2, 0) is 16.0 Å². The zero-order valence-electron chi connectivity index (χ0n) is 18.1. The average molecular weight is 443 g/mol. The van der Waals surface area contributed by atoms with E-state index in [9.17, 15) is 9.59 Å². The Labute approximate surface area is 192 Å². The number of fused-ring (bicyclic) bond motifs is 1. The van der Waals surface area contributed by atoms with E-state index < -0.39 is 0 Å². The molecule has 0 fully saturated rings. The highest BCUT2D eigenvalue weighted by atomic mass is 35.5. The van der Waals surface area contributed by atoms with Crippen molar-refractivity contribution in [1.82, 2.24) is 0 Å². The van der Waals surface area contributed by atoms with E-state index in [1.807, 2.05) is 67.3 Å². The Morgan fingerprint density at radius 1 is 0.844 bits per heavy atom. The van der Waals surface area contributed by atoms with E-state index in [0.717, 1.165) is 29.7 Å². The van der Waals surface area contributed by atoms with Crippen LogP contribution < -0.4 is 9.80 Å². The number of halogens is 1. The molecule has 2 heterocycles. The van der Waals surface area contributed by atoms with Crippen molar-refractivity contribution in [3.05, 3.63) is 99.7 Å². The standard InChI is InChI=1S/C27H23ClN2O2/c1-17-9-14-22(18(2)16-17)30-26(31)24(20-10-12-21(28)13-11-20)25(27(30)32)29-15-5-7-19-6-3-4-8-23(19)29/h3-4,6,8-14,16H,5,7,15H2,1-2H3. The SMILES string of the molecule is Cc1ccc(N2C(=O)C(c3ccc(Cl)cc3)=C(N3CCCc4ccccc43)C2=O)c(C)c1. The molecule has 0 bridgehead atoms.